The van der Waals surface area contributed by atoms with Crippen LogP contribution in [0.15, 0.2) is 33.0 Å². The van der Waals surface area contributed by atoms with Gasteiger partial charge in [-0.1, -0.05) is 11.8 Å². The fraction of sp³-hybridized carbons (Fsp3) is 0.308. The summed E-state index contributed by atoms with van der Waals surface area (Å²) in [5.74, 6) is 0. The summed E-state index contributed by atoms with van der Waals surface area (Å²) < 4.78 is 3.62. The topological polar surface area (TPSA) is 52.7 Å². The molecule has 7 heteroatoms. The standard InChI is InChI=1S/C13H14N4OS2/c1-8(2)16-12(18)10-6-14-13(19-3)15-11(10)17(16)9-4-5-20-7-9/h4-8H,1-3H3. The number of rotatable bonds is 3. The summed E-state index contributed by atoms with van der Waals surface area (Å²) in [6.07, 6.45) is 3.55. The van der Waals surface area contributed by atoms with Crippen molar-refractivity contribution < 1.29 is 0 Å². The van der Waals surface area contributed by atoms with Crippen molar-refractivity contribution in [3.05, 3.63) is 33.4 Å². The normalized spacial score (nSPS) is 11.6. The van der Waals surface area contributed by atoms with E-state index >= 15 is 0 Å². The average molecular weight is 306 g/mol. The van der Waals surface area contributed by atoms with E-state index in [0.717, 1.165) is 5.69 Å². The lowest BCUT2D eigenvalue weighted by atomic mass is 10.4. The third-order valence-electron chi connectivity index (χ3n) is 3.02. The van der Waals surface area contributed by atoms with Gasteiger partial charge >= 0.3 is 0 Å². The lowest BCUT2D eigenvalue weighted by molar-refractivity contribution is 0.476. The first kappa shape index (κ1) is 13.4. The fourth-order valence-corrected chi connectivity index (χ4v) is 3.12. The molecule has 0 aliphatic heterocycles. The zero-order valence-electron chi connectivity index (χ0n) is 11.4. The molecule has 0 amide bonds. The van der Waals surface area contributed by atoms with Crippen molar-refractivity contribution >= 4 is 34.1 Å². The maximum Gasteiger partial charge on any atom is 0.278 e. The lowest BCUT2D eigenvalue weighted by Crippen LogP contribution is -2.23. The predicted molar refractivity (Wildman–Crippen MR) is 83.2 cm³/mol. The molecule has 0 aliphatic carbocycles. The van der Waals surface area contributed by atoms with Crippen LogP contribution in [0.3, 0.4) is 0 Å². The van der Waals surface area contributed by atoms with Crippen molar-refractivity contribution in [3.8, 4) is 5.69 Å². The number of nitrogens with zero attached hydrogens (tertiary/aromatic N) is 4. The molecule has 20 heavy (non-hydrogen) atoms. The van der Waals surface area contributed by atoms with Crippen molar-refractivity contribution in [1.29, 1.82) is 0 Å². The zero-order valence-corrected chi connectivity index (χ0v) is 13.0. The minimum absolute atomic E-state index is 0.0474. The van der Waals surface area contributed by atoms with E-state index in [9.17, 15) is 4.79 Å². The molecule has 5 nitrogen and oxygen atoms in total. The molecule has 104 valence electrons. The monoisotopic (exact) mass is 306 g/mol. The third-order valence-corrected chi connectivity index (χ3v) is 4.26. The van der Waals surface area contributed by atoms with Crippen LogP contribution in [0.25, 0.3) is 16.7 Å². The molecule has 0 atom stereocenters. The molecule has 0 fully saturated rings. The molecular weight excluding hydrogens is 292 g/mol. The van der Waals surface area contributed by atoms with Gasteiger partial charge in [0.15, 0.2) is 10.8 Å². The highest BCUT2D eigenvalue weighted by molar-refractivity contribution is 7.98. The van der Waals surface area contributed by atoms with E-state index in [0.29, 0.717) is 16.2 Å². The van der Waals surface area contributed by atoms with Crippen molar-refractivity contribution in [2.75, 3.05) is 6.26 Å². The van der Waals surface area contributed by atoms with E-state index in [4.69, 9.17) is 0 Å². The second-order valence-electron chi connectivity index (χ2n) is 4.63. The summed E-state index contributed by atoms with van der Waals surface area (Å²) in [6, 6.07) is 2.04. The summed E-state index contributed by atoms with van der Waals surface area (Å²) in [6.45, 7) is 3.98. The second-order valence-corrected chi connectivity index (χ2v) is 6.18. The number of aromatic nitrogens is 4. The zero-order chi connectivity index (χ0) is 14.3. The van der Waals surface area contributed by atoms with Gasteiger partial charge in [0.1, 0.15) is 5.39 Å². The van der Waals surface area contributed by atoms with Gasteiger partial charge < -0.3 is 0 Å². The summed E-state index contributed by atoms with van der Waals surface area (Å²) in [5, 5.41) is 5.23. The smallest absolute Gasteiger partial charge is 0.267 e. The Morgan fingerprint density at radius 2 is 2.20 bits per heavy atom. The number of hydrogen-bond donors (Lipinski definition) is 0. The SMILES string of the molecule is CSc1ncc2c(=O)n(C(C)C)n(-c3ccsc3)c2n1. The van der Waals surface area contributed by atoms with Gasteiger partial charge in [-0.3, -0.25) is 4.79 Å². The molecule has 0 spiro atoms. The molecular formula is C13H14N4OS2. The highest BCUT2D eigenvalue weighted by Gasteiger charge is 2.19. The Bertz CT molecular complexity index is 802. The van der Waals surface area contributed by atoms with E-state index in [-0.39, 0.29) is 11.6 Å². The number of hydrogen-bond acceptors (Lipinski definition) is 5. The van der Waals surface area contributed by atoms with Crippen LogP contribution >= 0.6 is 23.1 Å². The van der Waals surface area contributed by atoms with E-state index in [2.05, 4.69) is 9.97 Å². The highest BCUT2D eigenvalue weighted by Crippen LogP contribution is 2.21. The first-order chi connectivity index (χ1) is 9.63. The van der Waals surface area contributed by atoms with Crippen LogP contribution in [-0.4, -0.2) is 25.6 Å². The Hall–Kier alpha value is -1.60. The molecule has 0 unspecified atom stereocenters. The van der Waals surface area contributed by atoms with Crippen LogP contribution in [0.4, 0.5) is 0 Å². The summed E-state index contributed by atoms with van der Waals surface area (Å²) in [4.78, 5) is 21.3. The number of fused-ring (bicyclic) bond motifs is 1. The van der Waals surface area contributed by atoms with Crippen LogP contribution in [0.1, 0.15) is 19.9 Å². The van der Waals surface area contributed by atoms with Crippen LogP contribution in [-0.2, 0) is 0 Å². The van der Waals surface area contributed by atoms with Crippen LogP contribution in [0.2, 0.25) is 0 Å². The molecule has 3 aromatic rings. The molecule has 0 saturated carbocycles. The van der Waals surface area contributed by atoms with E-state index in [1.165, 1.54) is 11.8 Å². The van der Waals surface area contributed by atoms with Gasteiger partial charge in [0.05, 0.1) is 5.69 Å². The maximum atomic E-state index is 12.5. The number of thiophene rings is 1. The molecule has 3 rings (SSSR count). The van der Waals surface area contributed by atoms with Crippen LogP contribution in [0.5, 0.6) is 0 Å². The van der Waals surface area contributed by atoms with Gasteiger partial charge in [-0.05, 0) is 31.5 Å². The largest absolute Gasteiger partial charge is 0.278 e. The van der Waals surface area contributed by atoms with Crippen molar-refractivity contribution in [1.82, 2.24) is 19.3 Å². The Morgan fingerprint density at radius 3 is 2.80 bits per heavy atom. The van der Waals surface area contributed by atoms with Gasteiger partial charge in [0.2, 0.25) is 0 Å². The third kappa shape index (κ3) is 1.97. The van der Waals surface area contributed by atoms with E-state index in [1.54, 1.807) is 22.2 Å². The maximum absolute atomic E-state index is 12.5. The first-order valence-corrected chi connectivity index (χ1v) is 8.37. The quantitative estimate of drug-likeness (QED) is 0.551. The molecule has 0 radical (unpaired) electrons. The molecule has 0 bridgehead atoms. The minimum atomic E-state index is -0.0474. The summed E-state index contributed by atoms with van der Waals surface area (Å²) >= 11 is 3.07. The van der Waals surface area contributed by atoms with E-state index < -0.39 is 0 Å². The lowest BCUT2D eigenvalue weighted by Gasteiger charge is -2.13. The van der Waals surface area contributed by atoms with Gasteiger partial charge in [0, 0.05) is 17.6 Å². The Labute approximate surface area is 124 Å². The second kappa shape index (κ2) is 5.06. The summed E-state index contributed by atoms with van der Waals surface area (Å²) in [5.41, 5.74) is 1.58. The van der Waals surface area contributed by atoms with Crippen LogP contribution in [0, 0.1) is 0 Å². The number of thioether (sulfide) groups is 1. The molecule has 0 N–H and O–H groups in total. The molecule has 0 aliphatic rings. The van der Waals surface area contributed by atoms with Crippen LogP contribution < -0.4 is 5.56 Å². The minimum Gasteiger partial charge on any atom is -0.267 e. The fourth-order valence-electron chi connectivity index (χ4n) is 2.17. The summed E-state index contributed by atoms with van der Waals surface area (Å²) in [7, 11) is 0. The van der Waals surface area contributed by atoms with Gasteiger partial charge in [-0.2, -0.15) is 11.3 Å². The van der Waals surface area contributed by atoms with E-state index in [1.807, 2.05) is 41.6 Å². The first-order valence-electron chi connectivity index (χ1n) is 6.20. The molecule has 0 saturated heterocycles. The van der Waals surface area contributed by atoms with Gasteiger partial charge in [-0.15, -0.1) is 0 Å². The Balaban J connectivity index is 2.44. The molecule has 3 heterocycles. The average Bonchev–Trinajstić information content (AvgIpc) is 3.04. The van der Waals surface area contributed by atoms with Crippen molar-refractivity contribution in [2.24, 2.45) is 0 Å². The van der Waals surface area contributed by atoms with Gasteiger partial charge in [-0.25, -0.2) is 19.3 Å². The van der Waals surface area contributed by atoms with Crippen molar-refractivity contribution in [2.45, 2.75) is 25.0 Å². The molecule has 3 aromatic heterocycles. The van der Waals surface area contributed by atoms with Crippen molar-refractivity contribution in [3.63, 3.8) is 0 Å². The van der Waals surface area contributed by atoms with Gasteiger partial charge in [0.25, 0.3) is 5.56 Å². The highest BCUT2D eigenvalue weighted by atomic mass is 32.2. The predicted octanol–water partition coefficient (Wildman–Crippen LogP) is 2.95. The molecule has 0 aromatic carbocycles. The Morgan fingerprint density at radius 1 is 1.40 bits per heavy atom. The Kier molecular flexibility index (Phi) is 3.39.